The Morgan fingerprint density at radius 2 is 1.92 bits per heavy atom. The molecule has 0 bridgehead atoms. The first-order valence-electron chi connectivity index (χ1n) is 8.16. The Morgan fingerprint density at radius 1 is 1.20 bits per heavy atom. The molecule has 0 radical (unpaired) electrons. The average molecular weight is 333 g/mol. The normalized spacial score (nSPS) is 16.6. The van der Waals surface area contributed by atoms with Crippen LogP contribution in [0, 0.1) is 31.1 Å². The zero-order valence-corrected chi connectivity index (χ0v) is 14.2. The van der Waals surface area contributed by atoms with Gasteiger partial charge in [0, 0.05) is 24.3 Å². The van der Waals surface area contributed by atoms with E-state index in [9.17, 15) is 9.59 Å². The first-order valence-corrected chi connectivity index (χ1v) is 8.16. The topological polar surface area (TPSA) is 73.2 Å². The largest absolute Gasteiger partial charge is 0.326 e. The first-order chi connectivity index (χ1) is 12.0. The highest BCUT2D eigenvalue weighted by Crippen LogP contribution is 2.29. The maximum absolute atomic E-state index is 12.5. The molecule has 1 aliphatic heterocycles. The van der Waals surface area contributed by atoms with Crippen LogP contribution in [0.5, 0.6) is 0 Å². The van der Waals surface area contributed by atoms with Gasteiger partial charge in [-0.05, 0) is 49.7 Å². The van der Waals surface area contributed by atoms with Crippen molar-refractivity contribution in [3.63, 3.8) is 0 Å². The Bertz CT molecular complexity index is 866. The molecular formula is C20H19N3O2. The van der Waals surface area contributed by atoms with Gasteiger partial charge in [0.05, 0.1) is 17.6 Å². The van der Waals surface area contributed by atoms with Crippen molar-refractivity contribution in [1.82, 2.24) is 0 Å². The van der Waals surface area contributed by atoms with E-state index in [1.165, 1.54) is 0 Å². The molecule has 1 unspecified atom stereocenters. The number of nitriles is 1. The third-order valence-electron chi connectivity index (χ3n) is 4.42. The zero-order chi connectivity index (χ0) is 18.0. The Balaban J connectivity index is 1.71. The van der Waals surface area contributed by atoms with E-state index < -0.39 is 0 Å². The number of hydrogen-bond donors (Lipinski definition) is 1. The van der Waals surface area contributed by atoms with Gasteiger partial charge in [0.2, 0.25) is 11.8 Å². The fourth-order valence-corrected chi connectivity index (χ4v) is 3.10. The third-order valence-corrected chi connectivity index (χ3v) is 4.42. The summed E-state index contributed by atoms with van der Waals surface area (Å²) in [6.45, 7) is 4.36. The van der Waals surface area contributed by atoms with Gasteiger partial charge in [0.15, 0.2) is 0 Å². The molecule has 25 heavy (non-hydrogen) atoms. The molecule has 2 amide bonds. The summed E-state index contributed by atoms with van der Waals surface area (Å²) in [7, 11) is 0. The van der Waals surface area contributed by atoms with Gasteiger partial charge in [-0.25, -0.2) is 0 Å². The van der Waals surface area contributed by atoms with E-state index in [0.29, 0.717) is 17.8 Å². The summed E-state index contributed by atoms with van der Waals surface area (Å²) in [5.74, 6) is -0.596. The van der Waals surface area contributed by atoms with Crippen molar-refractivity contribution in [3.8, 4) is 6.07 Å². The van der Waals surface area contributed by atoms with Gasteiger partial charge in [0.25, 0.3) is 0 Å². The number of anilines is 2. The minimum absolute atomic E-state index is 0.0352. The van der Waals surface area contributed by atoms with Gasteiger partial charge in [-0.15, -0.1) is 0 Å². The van der Waals surface area contributed by atoms with Gasteiger partial charge in [-0.2, -0.15) is 5.26 Å². The van der Waals surface area contributed by atoms with E-state index in [1.807, 2.05) is 38.1 Å². The monoisotopic (exact) mass is 333 g/mol. The fourth-order valence-electron chi connectivity index (χ4n) is 3.10. The van der Waals surface area contributed by atoms with E-state index in [4.69, 9.17) is 5.26 Å². The molecular weight excluding hydrogens is 314 g/mol. The molecule has 5 heteroatoms. The second-order valence-corrected chi connectivity index (χ2v) is 6.37. The molecule has 3 rings (SSSR count). The van der Waals surface area contributed by atoms with E-state index in [-0.39, 0.29) is 24.2 Å². The summed E-state index contributed by atoms with van der Waals surface area (Å²) in [5, 5.41) is 11.6. The molecule has 0 aliphatic carbocycles. The number of rotatable bonds is 3. The van der Waals surface area contributed by atoms with Crippen LogP contribution < -0.4 is 10.2 Å². The highest BCUT2D eigenvalue weighted by atomic mass is 16.2. The van der Waals surface area contributed by atoms with Crippen molar-refractivity contribution in [3.05, 3.63) is 59.2 Å². The number of carbonyl (C=O) groups is 2. The number of amides is 2. The van der Waals surface area contributed by atoms with E-state index in [0.717, 1.165) is 16.8 Å². The molecule has 1 heterocycles. The van der Waals surface area contributed by atoms with Crippen LogP contribution in [0.2, 0.25) is 0 Å². The molecule has 1 N–H and O–H groups in total. The predicted octanol–water partition coefficient (Wildman–Crippen LogP) is 3.17. The molecule has 1 saturated heterocycles. The number of benzene rings is 2. The van der Waals surface area contributed by atoms with Gasteiger partial charge >= 0.3 is 0 Å². The van der Waals surface area contributed by atoms with Gasteiger partial charge < -0.3 is 10.2 Å². The summed E-state index contributed by atoms with van der Waals surface area (Å²) in [6.07, 6.45) is 0.204. The second-order valence-electron chi connectivity index (χ2n) is 6.37. The van der Waals surface area contributed by atoms with Crippen molar-refractivity contribution < 1.29 is 9.59 Å². The Kier molecular flexibility index (Phi) is 4.53. The number of nitrogens with one attached hydrogen (secondary N) is 1. The van der Waals surface area contributed by atoms with Crippen LogP contribution in [-0.2, 0) is 9.59 Å². The maximum atomic E-state index is 12.5. The average Bonchev–Trinajstić information content (AvgIpc) is 2.97. The lowest BCUT2D eigenvalue weighted by molar-refractivity contribution is -0.122. The fraction of sp³-hybridized carbons (Fsp3) is 0.250. The van der Waals surface area contributed by atoms with Crippen molar-refractivity contribution in [2.75, 3.05) is 16.8 Å². The van der Waals surface area contributed by atoms with E-state index in [1.54, 1.807) is 29.2 Å². The Morgan fingerprint density at radius 3 is 2.56 bits per heavy atom. The highest BCUT2D eigenvalue weighted by molar-refractivity contribution is 6.03. The lowest BCUT2D eigenvalue weighted by Crippen LogP contribution is -2.28. The van der Waals surface area contributed by atoms with Crippen LogP contribution in [0.15, 0.2) is 42.5 Å². The number of aryl methyl sites for hydroxylation is 2. The van der Waals surface area contributed by atoms with E-state index >= 15 is 0 Å². The third kappa shape index (κ3) is 3.53. The Labute approximate surface area is 146 Å². The van der Waals surface area contributed by atoms with Crippen molar-refractivity contribution in [2.24, 2.45) is 5.92 Å². The molecule has 5 nitrogen and oxygen atoms in total. The summed E-state index contributed by atoms with van der Waals surface area (Å²) in [4.78, 5) is 26.5. The highest BCUT2D eigenvalue weighted by Gasteiger charge is 2.35. The van der Waals surface area contributed by atoms with Crippen LogP contribution in [0.25, 0.3) is 0 Å². The lowest BCUT2D eigenvalue weighted by Gasteiger charge is -2.19. The summed E-state index contributed by atoms with van der Waals surface area (Å²) < 4.78 is 0. The molecule has 0 aromatic heterocycles. The smallest absolute Gasteiger partial charge is 0.229 e. The van der Waals surface area contributed by atoms with E-state index in [2.05, 4.69) is 5.32 Å². The minimum Gasteiger partial charge on any atom is -0.326 e. The molecule has 1 fully saturated rings. The molecule has 0 spiro atoms. The van der Waals surface area contributed by atoms with Crippen LogP contribution in [0.1, 0.15) is 23.1 Å². The van der Waals surface area contributed by atoms with Gasteiger partial charge in [-0.1, -0.05) is 17.7 Å². The summed E-state index contributed by atoms with van der Waals surface area (Å²) >= 11 is 0. The first kappa shape index (κ1) is 16.7. The predicted molar refractivity (Wildman–Crippen MR) is 96.2 cm³/mol. The minimum atomic E-state index is -0.385. The molecule has 126 valence electrons. The van der Waals surface area contributed by atoms with Crippen molar-refractivity contribution in [1.29, 1.82) is 5.26 Å². The lowest BCUT2D eigenvalue weighted by atomic mass is 10.1. The molecule has 1 atom stereocenters. The molecule has 0 saturated carbocycles. The van der Waals surface area contributed by atoms with Crippen LogP contribution in [0.4, 0.5) is 11.4 Å². The summed E-state index contributed by atoms with van der Waals surface area (Å²) in [6, 6.07) is 14.7. The number of carbonyl (C=O) groups excluding carboxylic acids is 2. The van der Waals surface area contributed by atoms with Crippen LogP contribution in [0.3, 0.4) is 0 Å². The SMILES string of the molecule is Cc1ccc(N2CC(C(=O)Nc3ccc(C#N)cc3)CC2=O)c(C)c1. The maximum Gasteiger partial charge on any atom is 0.229 e. The van der Waals surface area contributed by atoms with Crippen molar-refractivity contribution >= 4 is 23.2 Å². The van der Waals surface area contributed by atoms with Crippen molar-refractivity contribution in [2.45, 2.75) is 20.3 Å². The summed E-state index contributed by atoms with van der Waals surface area (Å²) in [5.41, 5.74) is 4.20. The quantitative estimate of drug-likeness (QED) is 0.937. The number of hydrogen-bond acceptors (Lipinski definition) is 3. The standard InChI is InChI=1S/C20H19N3O2/c1-13-3-8-18(14(2)9-13)23-12-16(10-19(23)24)20(25)22-17-6-4-15(11-21)5-7-17/h3-9,16H,10,12H2,1-2H3,(H,22,25). The Hall–Kier alpha value is -3.13. The van der Waals surface area contributed by atoms with Gasteiger partial charge in [-0.3, -0.25) is 9.59 Å². The van der Waals surface area contributed by atoms with Gasteiger partial charge in [0.1, 0.15) is 0 Å². The molecule has 2 aromatic rings. The zero-order valence-electron chi connectivity index (χ0n) is 14.2. The van der Waals surface area contributed by atoms with Crippen LogP contribution >= 0.6 is 0 Å². The molecule has 1 aliphatic rings. The number of nitrogens with zero attached hydrogens (tertiary/aromatic N) is 2. The van der Waals surface area contributed by atoms with Crippen LogP contribution in [-0.4, -0.2) is 18.4 Å². The molecule has 2 aromatic carbocycles. The second kappa shape index (κ2) is 6.78.